The second-order valence-electron chi connectivity index (χ2n) is 10.8. The van der Waals surface area contributed by atoms with Gasteiger partial charge in [-0.15, -0.1) is 0 Å². The minimum absolute atomic E-state index is 0.208. The molecule has 0 unspecified atom stereocenters. The first-order valence-electron chi connectivity index (χ1n) is 11.6. The number of aromatic nitrogens is 4. The van der Waals surface area contributed by atoms with Crippen molar-refractivity contribution in [1.82, 2.24) is 19.1 Å². The van der Waals surface area contributed by atoms with Crippen molar-refractivity contribution in [3.63, 3.8) is 0 Å². The largest absolute Gasteiger partial charge is 0.294 e. The zero-order valence-electron chi connectivity index (χ0n) is 20.6. The fourth-order valence-corrected chi connectivity index (χ4v) is 4.56. The van der Waals surface area contributed by atoms with Gasteiger partial charge in [-0.1, -0.05) is 71.9 Å². The van der Waals surface area contributed by atoms with Gasteiger partial charge in [-0.2, -0.15) is 5.26 Å². The van der Waals surface area contributed by atoms with Crippen molar-refractivity contribution >= 4 is 22.1 Å². The third-order valence-electron chi connectivity index (χ3n) is 6.08. The molecule has 5 nitrogen and oxygen atoms in total. The molecule has 5 rings (SSSR count). The van der Waals surface area contributed by atoms with Crippen molar-refractivity contribution in [2.75, 3.05) is 0 Å². The van der Waals surface area contributed by atoms with Crippen LogP contribution in [0.4, 0.5) is 0 Å². The predicted molar refractivity (Wildman–Crippen MR) is 138 cm³/mol. The van der Waals surface area contributed by atoms with Gasteiger partial charge >= 0.3 is 0 Å². The van der Waals surface area contributed by atoms with Gasteiger partial charge in [0.05, 0.1) is 33.4 Å². The molecule has 0 radical (unpaired) electrons. The molecule has 2 heterocycles. The molecule has 0 N–H and O–H groups in total. The highest BCUT2D eigenvalue weighted by Crippen LogP contribution is 2.35. The van der Waals surface area contributed by atoms with Crippen LogP contribution in [-0.2, 0) is 10.8 Å². The number of para-hydroxylation sites is 4. The topological polar surface area (TPSA) is 59.4 Å². The van der Waals surface area contributed by atoms with Crippen molar-refractivity contribution in [2.24, 2.45) is 0 Å². The molecule has 5 aromatic rings. The van der Waals surface area contributed by atoms with Gasteiger partial charge in [0.2, 0.25) is 0 Å². The Hall–Kier alpha value is -3.91. The highest BCUT2D eigenvalue weighted by Gasteiger charge is 2.28. The van der Waals surface area contributed by atoms with Gasteiger partial charge in [-0.3, -0.25) is 9.13 Å². The number of fused-ring (bicyclic) bond motifs is 2. The van der Waals surface area contributed by atoms with Gasteiger partial charge in [0.15, 0.2) is 0 Å². The molecule has 0 bridgehead atoms. The summed E-state index contributed by atoms with van der Waals surface area (Å²) < 4.78 is 4.29. The zero-order valence-corrected chi connectivity index (χ0v) is 20.6. The molecular weight excluding hydrogens is 418 g/mol. The lowest BCUT2D eigenvalue weighted by atomic mass is 9.94. The van der Waals surface area contributed by atoms with E-state index in [0.29, 0.717) is 5.56 Å². The second-order valence-corrected chi connectivity index (χ2v) is 10.8. The lowest BCUT2D eigenvalue weighted by Crippen LogP contribution is -2.20. The fourth-order valence-electron chi connectivity index (χ4n) is 4.56. The molecule has 0 atom stereocenters. The summed E-state index contributed by atoms with van der Waals surface area (Å²) in [5.74, 6) is 1.85. The highest BCUT2D eigenvalue weighted by molar-refractivity contribution is 5.82. The van der Waals surface area contributed by atoms with Crippen LogP contribution in [0.5, 0.6) is 0 Å². The van der Waals surface area contributed by atoms with Crippen LogP contribution in [0.1, 0.15) is 58.8 Å². The monoisotopic (exact) mass is 447 g/mol. The maximum Gasteiger partial charge on any atom is 0.119 e. The molecule has 0 fully saturated rings. The molecule has 0 aliphatic carbocycles. The molecule has 0 saturated carbocycles. The first-order valence-corrected chi connectivity index (χ1v) is 11.6. The Morgan fingerprint density at radius 2 is 1.03 bits per heavy atom. The quantitative estimate of drug-likeness (QED) is 0.298. The third-order valence-corrected chi connectivity index (χ3v) is 6.08. The lowest BCUT2D eigenvalue weighted by molar-refractivity contribution is 0.537. The Bertz CT molecular complexity index is 1470. The number of rotatable bonds is 2. The summed E-state index contributed by atoms with van der Waals surface area (Å²) in [6, 6.07) is 24.8. The second kappa shape index (κ2) is 7.56. The van der Waals surface area contributed by atoms with Crippen LogP contribution >= 0.6 is 0 Å². The lowest BCUT2D eigenvalue weighted by Gasteiger charge is -2.24. The van der Waals surface area contributed by atoms with Gasteiger partial charge < -0.3 is 0 Å². The Balaban J connectivity index is 1.89. The van der Waals surface area contributed by atoms with Crippen LogP contribution < -0.4 is 0 Å². The summed E-state index contributed by atoms with van der Waals surface area (Å²) in [6.07, 6.45) is 0. The summed E-state index contributed by atoms with van der Waals surface area (Å²) >= 11 is 0. The average molecular weight is 448 g/mol. The van der Waals surface area contributed by atoms with Crippen LogP contribution in [0.15, 0.2) is 66.7 Å². The molecule has 3 aromatic carbocycles. The van der Waals surface area contributed by atoms with E-state index < -0.39 is 0 Å². The van der Waals surface area contributed by atoms with Crippen molar-refractivity contribution in [2.45, 2.75) is 52.4 Å². The zero-order chi connectivity index (χ0) is 24.3. The smallest absolute Gasteiger partial charge is 0.119 e. The van der Waals surface area contributed by atoms with Crippen molar-refractivity contribution in [3.8, 4) is 17.4 Å². The maximum absolute atomic E-state index is 10.5. The number of nitrogens with zero attached hydrogens (tertiary/aromatic N) is 5. The SMILES string of the molecule is CC(C)(C)c1nc2ccccc2n1-c1cccc(-n2c(C(C)(C)C)nc3ccccc32)c1C#N. The van der Waals surface area contributed by atoms with Gasteiger partial charge in [0.1, 0.15) is 23.3 Å². The number of hydrogen-bond acceptors (Lipinski definition) is 3. The molecule has 170 valence electrons. The molecular formula is C29H29N5. The van der Waals surface area contributed by atoms with Crippen LogP contribution in [0.2, 0.25) is 0 Å². The predicted octanol–water partition coefficient (Wildman–Crippen LogP) is 6.83. The van der Waals surface area contributed by atoms with Crippen LogP contribution in [0.3, 0.4) is 0 Å². The summed E-state index contributed by atoms with van der Waals surface area (Å²) in [7, 11) is 0. The van der Waals surface area contributed by atoms with E-state index >= 15 is 0 Å². The van der Waals surface area contributed by atoms with E-state index in [1.807, 2.05) is 54.6 Å². The molecule has 5 heteroatoms. The minimum Gasteiger partial charge on any atom is -0.294 e. The molecule has 0 amide bonds. The first-order chi connectivity index (χ1) is 16.1. The third kappa shape index (κ3) is 3.38. The minimum atomic E-state index is -0.208. The Morgan fingerprint density at radius 1 is 0.618 bits per heavy atom. The summed E-state index contributed by atoms with van der Waals surface area (Å²) in [4.78, 5) is 9.94. The van der Waals surface area contributed by atoms with Gasteiger partial charge in [0, 0.05) is 10.8 Å². The Labute approximate surface area is 200 Å². The van der Waals surface area contributed by atoms with E-state index in [4.69, 9.17) is 9.97 Å². The standard InChI is InChI=1S/C29H29N5/c1-28(2,3)26-31-20-12-7-9-14-24(20)33(26)22-16-11-17-23(19(22)18-30)34-25-15-10-8-13-21(25)32-27(34)29(4,5)6/h7-17H,1-6H3. The van der Waals surface area contributed by atoms with E-state index in [-0.39, 0.29) is 10.8 Å². The number of imidazole rings is 2. The number of nitriles is 1. The van der Waals surface area contributed by atoms with Crippen molar-refractivity contribution in [3.05, 3.63) is 83.9 Å². The molecule has 0 aliphatic rings. The highest BCUT2D eigenvalue weighted by atomic mass is 15.1. The molecule has 0 aliphatic heterocycles. The molecule has 2 aromatic heterocycles. The summed E-state index contributed by atoms with van der Waals surface area (Å²) in [5, 5.41) is 10.5. The molecule has 0 spiro atoms. The van der Waals surface area contributed by atoms with Gasteiger partial charge in [-0.25, -0.2) is 9.97 Å². The number of benzene rings is 3. The molecule has 34 heavy (non-hydrogen) atoms. The fraction of sp³-hybridized carbons (Fsp3) is 0.276. The average Bonchev–Trinajstić information content (AvgIpc) is 3.37. The van der Waals surface area contributed by atoms with E-state index in [9.17, 15) is 5.26 Å². The van der Waals surface area contributed by atoms with Gasteiger partial charge in [-0.05, 0) is 36.4 Å². The summed E-state index contributed by atoms with van der Waals surface area (Å²) in [6.45, 7) is 12.9. The Morgan fingerprint density at radius 3 is 1.41 bits per heavy atom. The molecule has 0 saturated heterocycles. The van der Waals surface area contributed by atoms with E-state index in [0.717, 1.165) is 45.1 Å². The normalized spacial score (nSPS) is 12.4. The van der Waals surface area contributed by atoms with Crippen LogP contribution in [-0.4, -0.2) is 19.1 Å². The van der Waals surface area contributed by atoms with Crippen molar-refractivity contribution in [1.29, 1.82) is 5.26 Å². The van der Waals surface area contributed by atoms with Crippen molar-refractivity contribution < 1.29 is 0 Å². The Kier molecular flexibility index (Phi) is 4.87. The number of hydrogen-bond donors (Lipinski definition) is 0. The van der Waals surface area contributed by atoms with E-state index in [2.05, 4.69) is 68.9 Å². The first kappa shape index (κ1) is 21.9. The van der Waals surface area contributed by atoms with Crippen LogP contribution in [0.25, 0.3) is 33.4 Å². The van der Waals surface area contributed by atoms with E-state index in [1.54, 1.807) is 0 Å². The van der Waals surface area contributed by atoms with Gasteiger partial charge in [0.25, 0.3) is 0 Å². The maximum atomic E-state index is 10.5. The summed E-state index contributed by atoms with van der Waals surface area (Å²) in [5.41, 5.74) is 5.67. The van der Waals surface area contributed by atoms with Crippen LogP contribution in [0, 0.1) is 11.3 Å². The van der Waals surface area contributed by atoms with E-state index in [1.165, 1.54) is 0 Å².